The van der Waals surface area contributed by atoms with Gasteiger partial charge in [-0.05, 0) is 33.4 Å². The fourth-order valence-corrected chi connectivity index (χ4v) is 1.46. The van der Waals surface area contributed by atoms with Crippen LogP contribution in [-0.2, 0) is 4.79 Å². The zero-order valence-corrected chi connectivity index (χ0v) is 11.1. The van der Waals surface area contributed by atoms with Gasteiger partial charge in [-0.3, -0.25) is 4.79 Å². The zero-order chi connectivity index (χ0) is 12.0. The summed E-state index contributed by atoms with van der Waals surface area (Å²) in [6, 6.07) is 0.379. The number of halogens is 1. The third kappa shape index (κ3) is 6.74. The van der Waals surface area contributed by atoms with Gasteiger partial charge < -0.3 is 10.2 Å². The molecule has 1 N–H and O–H groups in total. The molecule has 0 aromatic heterocycles. The van der Waals surface area contributed by atoms with Gasteiger partial charge in [-0.25, -0.2) is 0 Å². The topological polar surface area (TPSA) is 32.3 Å². The van der Waals surface area contributed by atoms with E-state index in [1.165, 1.54) is 0 Å². The first-order valence-electron chi connectivity index (χ1n) is 5.42. The minimum atomic E-state index is -0.452. The van der Waals surface area contributed by atoms with Crippen molar-refractivity contribution < 1.29 is 4.79 Å². The highest BCUT2D eigenvalue weighted by molar-refractivity contribution is 6.30. The Morgan fingerprint density at radius 1 is 1.33 bits per heavy atom. The summed E-state index contributed by atoms with van der Waals surface area (Å²) in [4.78, 5) is 13.4. The lowest BCUT2D eigenvalue weighted by atomic mass is 10.0. The minimum absolute atomic E-state index is 0.0905. The summed E-state index contributed by atoms with van der Waals surface area (Å²) in [5.74, 6) is 0.537. The van der Waals surface area contributed by atoms with Crippen LogP contribution in [-0.4, -0.2) is 42.9 Å². The first-order valence-corrected chi connectivity index (χ1v) is 5.86. The van der Waals surface area contributed by atoms with Gasteiger partial charge in [0.2, 0.25) is 5.91 Å². The highest BCUT2D eigenvalue weighted by atomic mass is 35.5. The number of carbonyl (C=O) groups is 1. The Hall–Kier alpha value is -0.280. The lowest BCUT2D eigenvalue weighted by molar-refractivity contribution is -0.120. The molecule has 0 aromatic rings. The molecule has 1 amide bonds. The van der Waals surface area contributed by atoms with Crippen LogP contribution in [0.5, 0.6) is 0 Å². The molecular weight excluding hydrogens is 212 g/mol. The Labute approximate surface area is 98.2 Å². The lowest BCUT2D eigenvalue weighted by Crippen LogP contribution is -2.42. The molecule has 90 valence electrons. The monoisotopic (exact) mass is 234 g/mol. The summed E-state index contributed by atoms with van der Waals surface area (Å²) < 4.78 is 0. The Morgan fingerprint density at radius 2 is 1.87 bits per heavy atom. The predicted octanol–water partition coefficient (Wildman–Crippen LogP) is 1.71. The summed E-state index contributed by atoms with van der Waals surface area (Å²) in [5, 5.41) is 2.40. The van der Waals surface area contributed by atoms with Crippen LogP contribution in [0, 0.1) is 5.92 Å². The maximum atomic E-state index is 11.3. The van der Waals surface area contributed by atoms with E-state index in [-0.39, 0.29) is 5.91 Å². The number of nitrogens with zero attached hydrogens (tertiary/aromatic N) is 1. The summed E-state index contributed by atoms with van der Waals surface area (Å²) in [6.07, 6.45) is 1.07. The first kappa shape index (κ1) is 14.7. The van der Waals surface area contributed by atoms with Gasteiger partial charge in [-0.2, -0.15) is 0 Å². The van der Waals surface area contributed by atoms with Crippen molar-refractivity contribution in [2.75, 3.05) is 20.6 Å². The van der Waals surface area contributed by atoms with Gasteiger partial charge in [0.25, 0.3) is 0 Å². The van der Waals surface area contributed by atoms with E-state index in [4.69, 9.17) is 11.6 Å². The molecule has 0 fully saturated rings. The summed E-state index contributed by atoms with van der Waals surface area (Å²) in [7, 11) is 4.06. The molecular formula is C11H23ClN2O. The van der Waals surface area contributed by atoms with Crippen molar-refractivity contribution in [1.29, 1.82) is 0 Å². The molecule has 0 aliphatic carbocycles. The van der Waals surface area contributed by atoms with E-state index in [1.54, 1.807) is 6.92 Å². The van der Waals surface area contributed by atoms with Crippen LogP contribution in [0.4, 0.5) is 0 Å². The van der Waals surface area contributed by atoms with Crippen LogP contribution >= 0.6 is 11.6 Å². The second kappa shape index (κ2) is 7.07. The van der Waals surface area contributed by atoms with Crippen molar-refractivity contribution in [3.63, 3.8) is 0 Å². The Morgan fingerprint density at radius 3 is 2.20 bits per heavy atom. The number of rotatable bonds is 6. The van der Waals surface area contributed by atoms with Gasteiger partial charge in [0.15, 0.2) is 0 Å². The average Bonchev–Trinajstić information content (AvgIpc) is 2.10. The maximum absolute atomic E-state index is 11.3. The SMILES string of the molecule is CC(C)CC(CNC(=O)C(C)Cl)N(C)C. The quantitative estimate of drug-likeness (QED) is 0.710. The highest BCUT2D eigenvalue weighted by Crippen LogP contribution is 2.08. The molecule has 0 saturated carbocycles. The maximum Gasteiger partial charge on any atom is 0.237 e. The minimum Gasteiger partial charge on any atom is -0.353 e. The van der Waals surface area contributed by atoms with Crippen LogP contribution < -0.4 is 5.32 Å². The van der Waals surface area contributed by atoms with Gasteiger partial charge in [0.05, 0.1) is 0 Å². The molecule has 2 atom stereocenters. The van der Waals surface area contributed by atoms with Crippen LogP contribution in [0.2, 0.25) is 0 Å². The first-order chi connectivity index (χ1) is 6.84. The highest BCUT2D eigenvalue weighted by Gasteiger charge is 2.16. The fourth-order valence-electron chi connectivity index (χ4n) is 1.38. The standard InChI is InChI=1S/C11H23ClN2O/c1-8(2)6-10(14(4)5)7-13-11(15)9(3)12/h8-10H,6-7H2,1-5H3,(H,13,15). The van der Waals surface area contributed by atoms with E-state index in [2.05, 4.69) is 24.1 Å². The van der Waals surface area contributed by atoms with Gasteiger partial charge in [0.1, 0.15) is 5.38 Å². The number of alkyl halides is 1. The number of amides is 1. The zero-order valence-electron chi connectivity index (χ0n) is 10.4. The molecule has 4 heteroatoms. The third-order valence-electron chi connectivity index (χ3n) is 2.35. The molecule has 0 spiro atoms. The van der Waals surface area contributed by atoms with Crippen LogP contribution in [0.3, 0.4) is 0 Å². The molecule has 0 radical (unpaired) electrons. The van der Waals surface area contributed by atoms with E-state index in [0.717, 1.165) is 6.42 Å². The van der Waals surface area contributed by atoms with E-state index in [1.807, 2.05) is 14.1 Å². The summed E-state index contributed by atoms with van der Waals surface area (Å²) >= 11 is 5.67. The molecule has 0 saturated heterocycles. The van der Waals surface area contributed by atoms with Crippen molar-refractivity contribution in [3.05, 3.63) is 0 Å². The molecule has 0 bridgehead atoms. The van der Waals surface area contributed by atoms with E-state index >= 15 is 0 Å². The second-order valence-electron chi connectivity index (χ2n) is 4.61. The van der Waals surface area contributed by atoms with Crippen molar-refractivity contribution in [3.8, 4) is 0 Å². The van der Waals surface area contributed by atoms with Gasteiger partial charge >= 0.3 is 0 Å². The van der Waals surface area contributed by atoms with Crippen molar-refractivity contribution in [2.45, 2.75) is 38.6 Å². The Kier molecular flexibility index (Phi) is 6.94. The van der Waals surface area contributed by atoms with Crippen LogP contribution in [0.15, 0.2) is 0 Å². The molecule has 0 aliphatic rings. The van der Waals surface area contributed by atoms with Gasteiger partial charge in [0, 0.05) is 12.6 Å². The fraction of sp³-hybridized carbons (Fsp3) is 0.909. The lowest BCUT2D eigenvalue weighted by Gasteiger charge is -2.26. The number of likely N-dealkylation sites (N-methyl/N-ethyl adjacent to an activating group) is 1. The molecule has 0 rings (SSSR count). The molecule has 0 heterocycles. The van der Waals surface area contributed by atoms with Crippen molar-refractivity contribution in [2.24, 2.45) is 5.92 Å². The number of hydrogen-bond acceptors (Lipinski definition) is 2. The molecule has 2 unspecified atom stereocenters. The Balaban J connectivity index is 4.02. The Bertz CT molecular complexity index is 193. The number of nitrogens with one attached hydrogen (secondary N) is 1. The van der Waals surface area contributed by atoms with Gasteiger partial charge in [-0.1, -0.05) is 13.8 Å². The van der Waals surface area contributed by atoms with Crippen LogP contribution in [0.1, 0.15) is 27.2 Å². The average molecular weight is 235 g/mol. The molecule has 0 aliphatic heterocycles. The largest absolute Gasteiger partial charge is 0.353 e. The van der Waals surface area contributed by atoms with E-state index in [0.29, 0.717) is 18.5 Å². The number of hydrogen-bond donors (Lipinski definition) is 1. The van der Waals surface area contributed by atoms with E-state index in [9.17, 15) is 4.79 Å². The molecule has 0 aromatic carbocycles. The van der Waals surface area contributed by atoms with Crippen molar-refractivity contribution >= 4 is 17.5 Å². The third-order valence-corrected chi connectivity index (χ3v) is 2.55. The van der Waals surface area contributed by atoms with Crippen LogP contribution in [0.25, 0.3) is 0 Å². The summed E-state index contributed by atoms with van der Waals surface area (Å²) in [6.45, 7) is 6.72. The molecule has 15 heavy (non-hydrogen) atoms. The van der Waals surface area contributed by atoms with E-state index < -0.39 is 5.38 Å². The predicted molar refractivity (Wildman–Crippen MR) is 65.3 cm³/mol. The smallest absolute Gasteiger partial charge is 0.237 e. The summed E-state index contributed by atoms with van der Waals surface area (Å²) in [5.41, 5.74) is 0. The van der Waals surface area contributed by atoms with Crippen molar-refractivity contribution in [1.82, 2.24) is 10.2 Å². The normalized spacial score (nSPS) is 15.5. The molecule has 3 nitrogen and oxygen atoms in total. The number of carbonyl (C=O) groups excluding carboxylic acids is 1. The van der Waals surface area contributed by atoms with Gasteiger partial charge in [-0.15, -0.1) is 11.6 Å². The second-order valence-corrected chi connectivity index (χ2v) is 5.26.